The minimum Gasteiger partial charge on any atom is -0.334 e. The number of halogens is 2. The molecule has 0 bridgehead atoms. The normalized spacial score (nSPS) is 15.7. The Morgan fingerprint density at radius 1 is 1.44 bits per heavy atom. The van der Waals surface area contributed by atoms with Crippen LogP contribution in [0.15, 0.2) is 22.7 Å². The Morgan fingerprint density at radius 3 is 2.83 bits per heavy atom. The molecule has 0 aliphatic carbocycles. The van der Waals surface area contributed by atoms with Gasteiger partial charge in [-0.2, -0.15) is 0 Å². The van der Waals surface area contributed by atoms with Gasteiger partial charge in [0, 0.05) is 19.6 Å². The lowest BCUT2D eigenvalue weighted by molar-refractivity contribution is 0.238. The van der Waals surface area contributed by atoms with Crippen LogP contribution in [0.25, 0.3) is 0 Å². The van der Waals surface area contributed by atoms with Crippen molar-refractivity contribution < 1.29 is 9.18 Å². The van der Waals surface area contributed by atoms with E-state index in [1.807, 2.05) is 0 Å². The second-order valence-corrected chi connectivity index (χ2v) is 4.89. The number of hydrogen-bond donors (Lipinski definition) is 4. The van der Waals surface area contributed by atoms with Crippen molar-refractivity contribution in [2.75, 3.05) is 13.1 Å². The van der Waals surface area contributed by atoms with Crippen LogP contribution in [0, 0.1) is 5.82 Å². The quantitative estimate of drug-likeness (QED) is 0.669. The van der Waals surface area contributed by atoms with Gasteiger partial charge in [0.05, 0.1) is 10.5 Å². The van der Waals surface area contributed by atoms with Crippen molar-refractivity contribution in [2.24, 2.45) is 0 Å². The van der Waals surface area contributed by atoms with Gasteiger partial charge < -0.3 is 10.6 Å². The second-order valence-electron chi connectivity index (χ2n) is 4.03. The van der Waals surface area contributed by atoms with Gasteiger partial charge in [0.25, 0.3) is 0 Å². The molecular weight excluding hydrogens is 303 g/mol. The monoisotopic (exact) mass is 316 g/mol. The zero-order valence-electron chi connectivity index (χ0n) is 9.59. The number of hydrogen-bond acceptors (Lipinski definition) is 3. The van der Waals surface area contributed by atoms with Gasteiger partial charge in [0.1, 0.15) is 5.82 Å². The van der Waals surface area contributed by atoms with Gasteiger partial charge in [-0.25, -0.2) is 9.18 Å². The summed E-state index contributed by atoms with van der Waals surface area (Å²) in [7, 11) is 0. The molecule has 1 aliphatic rings. The standard InChI is InChI=1S/C11H14BrFN4O/c12-9-2-1-7(3-10(9)13)4-14-11(18)17-8-5-15-16-6-8/h1-3,8,15-16H,4-6H2,(H2,14,17,18). The maximum absolute atomic E-state index is 13.2. The van der Waals surface area contributed by atoms with E-state index in [1.165, 1.54) is 6.07 Å². The van der Waals surface area contributed by atoms with Gasteiger partial charge >= 0.3 is 6.03 Å². The first kappa shape index (κ1) is 13.3. The number of amides is 2. The van der Waals surface area contributed by atoms with Crippen LogP contribution >= 0.6 is 15.9 Å². The van der Waals surface area contributed by atoms with Crippen molar-refractivity contribution in [3.8, 4) is 0 Å². The summed E-state index contributed by atoms with van der Waals surface area (Å²) < 4.78 is 13.7. The van der Waals surface area contributed by atoms with Crippen LogP contribution in [-0.2, 0) is 6.54 Å². The summed E-state index contributed by atoms with van der Waals surface area (Å²) in [4.78, 5) is 11.5. The van der Waals surface area contributed by atoms with E-state index in [0.29, 0.717) is 29.7 Å². The van der Waals surface area contributed by atoms with E-state index in [-0.39, 0.29) is 17.9 Å². The molecule has 1 aromatic rings. The Bertz CT molecular complexity index is 437. The molecule has 1 fully saturated rings. The lowest BCUT2D eigenvalue weighted by Gasteiger charge is -2.12. The zero-order valence-corrected chi connectivity index (χ0v) is 11.2. The molecule has 2 amide bonds. The van der Waals surface area contributed by atoms with Gasteiger partial charge in [0.15, 0.2) is 0 Å². The fourth-order valence-corrected chi connectivity index (χ4v) is 1.88. The van der Waals surface area contributed by atoms with Gasteiger partial charge in [-0.3, -0.25) is 10.9 Å². The Kier molecular flexibility index (Phi) is 4.51. The first-order valence-corrected chi connectivity index (χ1v) is 6.38. The highest BCUT2D eigenvalue weighted by atomic mass is 79.9. The third-order valence-electron chi connectivity index (χ3n) is 2.59. The summed E-state index contributed by atoms with van der Waals surface area (Å²) >= 11 is 3.08. The van der Waals surface area contributed by atoms with Crippen LogP contribution in [0.1, 0.15) is 5.56 Å². The molecule has 0 spiro atoms. The number of nitrogens with one attached hydrogen (secondary N) is 4. The topological polar surface area (TPSA) is 65.2 Å². The number of hydrazine groups is 1. The van der Waals surface area contributed by atoms with E-state index in [1.54, 1.807) is 12.1 Å². The van der Waals surface area contributed by atoms with Gasteiger partial charge in [-0.15, -0.1) is 0 Å². The predicted octanol–water partition coefficient (Wildman–Crippen LogP) is 0.864. The molecule has 98 valence electrons. The van der Waals surface area contributed by atoms with Crippen LogP contribution in [0.3, 0.4) is 0 Å². The molecule has 2 rings (SSSR count). The molecule has 5 nitrogen and oxygen atoms in total. The maximum atomic E-state index is 13.2. The lowest BCUT2D eigenvalue weighted by atomic mass is 10.2. The fraction of sp³-hybridized carbons (Fsp3) is 0.364. The maximum Gasteiger partial charge on any atom is 0.315 e. The summed E-state index contributed by atoms with van der Waals surface area (Å²) in [5, 5.41) is 5.48. The third-order valence-corrected chi connectivity index (χ3v) is 3.24. The molecule has 1 heterocycles. The van der Waals surface area contributed by atoms with E-state index in [2.05, 4.69) is 37.4 Å². The Labute approximate surface area is 113 Å². The largest absolute Gasteiger partial charge is 0.334 e. The number of urea groups is 1. The highest BCUT2D eigenvalue weighted by Crippen LogP contribution is 2.16. The van der Waals surface area contributed by atoms with E-state index >= 15 is 0 Å². The van der Waals surface area contributed by atoms with E-state index < -0.39 is 0 Å². The third kappa shape index (κ3) is 3.66. The number of carbonyl (C=O) groups excluding carboxylic acids is 1. The summed E-state index contributed by atoms with van der Waals surface area (Å²) in [6, 6.07) is 4.59. The van der Waals surface area contributed by atoms with E-state index in [9.17, 15) is 9.18 Å². The smallest absolute Gasteiger partial charge is 0.315 e. The van der Waals surface area contributed by atoms with Crippen molar-refractivity contribution >= 4 is 22.0 Å². The van der Waals surface area contributed by atoms with Crippen molar-refractivity contribution in [1.82, 2.24) is 21.5 Å². The minimum atomic E-state index is -0.334. The fourth-order valence-electron chi connectivity index (χ4n) is 1.63. The van der Waals surface area contributed by atoms with Crippen molar-refractivity contribution in [2.45, 2.75) is 12.6 Å². The summed E-state index contributed by atoms with van der Waals surface area (Å²) in [6.07, 6.45) is 0. The van der Waals surface area contributed by atoms with E-state index in [0.717, 1.165) is 0 Å². The Balaban J connectivity index is 1.79. The molecule has 0 unspecified atom stereocenters. The first-order valence-electron chi connectivity index (χ1n) is 5.59. The van der Waals surface area contributed by atoms with E-state index in [4.69, 9.17) is 0 Å². The molecule has 18 heavy (non-hydrogen) atoms. The number of benzene rings is 1. The highest BCUT2D eigenvalue weighted by Gasteiger charge is 2.15. The molecule has 0 atom stereocenters. The molecule has 1 aromatic carbocycles. The van der Waals surface area contributed by atoms with Crippen molar-refractivity contribution in [3.05, 3.63) is 34.1 Å². The second kappa shape index (κ2) is 6.12. The van der Waals surface area contributed by atoms with Crippen LogP contribution < -0.4 is 21.5 Å². The first-order chi connectivity index (χ1) is 8.65. The summed E-state index contributed by atoms with van der Waals surface area (Å²) in [5.74, 6) is -0.334. The Morgan fingerprint density at radius 2 is 2.17 bits per heavy atom. The number of rotatable bonds is 3. The minimum absolute atomic E-state index is 0.0756. The van der Waals surface area contributed by atoms with Crippen LogP contribution in [0.5, 0.6) is 0 Å². The molecule has 0 saturated carbocycles. The van der Waals surface area contributed by atoms with Crippen LogP contribution in [0.4, 0.5) is 9.18 Å². The highest BCUT2D eigenvalue weighted by molar-refractivity contribution is 9.10. The lowest BCUT2D eigenvalue weighted by Crippen LogP contribution is -2.44. The molecular formula is C11H14BrFN4O. The predicted molar refractivity (Wildman–Crippen MR) is 69.3 cm³/mol. The molecule has 0 aromatic heterocycles. The van der Waals surface area contributed by atoms with Gasteiger partial charge in [0.2, 0.25) is 0 Å². The van der Waals surface area contributed by atoms with Crippen molar-refractivity contribution in [1.29, 1.82) is 0 Å². The SMILES string of the molecule is O=C(NCc1ccc(Br)c(F)c1)NC1CNNC1. The summed E-state index contributed by atoms with van der Waals surface area (Å²) in [6.45, 7) is 1.68. The van der Waals surface area contributed by atoms with Gasteiger partial charge in [-0.05, 0) is 33.6 Å². The Hall–Kier alpha value is -1.18. The average Bonchev–Trinajstić information content (AvgIpc) is 2.83. The van der Waals surface area contributed by atoms with Crippen LogP contribution in [0.2, 0.25) is 0 Å². The van der Waals surface area contributed by atoms with Gasteiger partial charge in [-0.1, -0.05) is 6.07 Å². The molecule has 4 N–H and O–H groups in total. The summed E-state index contributed by atoms with van der Waals surface area (Å²) in [5.41, 5.74) is 6.55. The molecule has 7 heteroatoms. The number of carbonyl (C=O) groups is 1. The average molecular weight is 317 g/mol. The van der Waals surface area contributed by atoms with Crippen molar-refractivity contribution in [3.63, 3.8) is 0 Å². The zero-order chi connectivity index (χ0) is 13.0. The van der Waals surface area contributed by atoms with Crippen LogP contribution in [-0.4, -0.2) is 25.2 Å². The molecule has 1 aliphatic heterocycles. The molecule has 0 radical (unpaired) electrons. The molecule has 1 saturated heterocycles.